The third-order valence-corrected chi connectivity index (χ3v) is 6.47. The summed E-state index contributed by atoms with van der Waals surface area (Å²) in [6.45, 7) is 5.51. The van der Waals surface area contributed by atoms with E-state index in [1.807, 2.05) is 20.8 Å². The van der Waals surface area contributed by atoms with Crippen molar-refractivity contribution >= 4 is 28.5 Å². The highest BCUT2D eigenvalue weighted by molar-refractivity contribution is 8.14. The zero-order chi connectivity index (χ0) is 20.5. The number of hydrogen-bond acceptors (Lipinski definition) is 6. The van der Waals surface area contributed by atoms with Gasteiger partial charge in [-0.3, -0.25) is 9.79 Å². The fourth-order valence-corrected chi connectivity index (χ4v) is 5.39. The van der Waals surface area contributed by atoms with Crippen molar-refractivity contribution in [3.05, 3.63) is 29.6 Å². The van der Waals surface area contributed by atoms with Crippen molar-refractivity contribution in [2.45, 2.75) is 63.7 Å². The molecule has 2 aliphatic rings. The minimum atomic E-state index is -0.763. The Morgan fingerprint density at radius 2 is 2.14 bits per heavy atom. The second kappa shape index (κ2) is 8.03. The molecule has 2 N–H and O–H groups in total. The molecule has 154 valence electrons. The van der Waals surface area contributed by atoms with Crippen molar-refractivity contribution in [3.8, 4) is 0 Å². The number of nitrogen functional groups attached to an aromatic ring is 1. The lowest BCUT2D eigenvalue weighted by molar-refractivity contribution is -0.153. The molecule has 1 aromatic carbocycles. The minimum absolute atomic E-state index is 0.00768. The topological polar surface area (TPSA) is 73.9 Å². The van der Waals surface area contributed by atoms with Gasteiger partial charge in [-0.25, -0.2) is 4.39 Å². The van der Waals surface area contributed by atoms with Crippen LogP contribution in [0.5, 0.6) is 0 Å². The molecule has 0 amide bonds. The molecule has 1 aliphatic heterocycles. The fourth-order valence-electron chi connectivity index (χ4n) is 4.11. The molecule has 0 aromatic heterocycles. The Morgan fingerprint density at radius 3 is 2.82 bits per heavy atom. The van der Waals surface area contributed by atoms with Gasteiger partial charge in [-0.1, -0.05) is 0 Å². The maximum atomic E-state index is 14.9. The Morgan fingerprint density at radius 1 is 1.39 bits per heavy atom. The molecule has 0 radical (unpaired) electrons. The Balaban J connectivity index is 2.00. The van der Waals surface area contributed by atoms with Gasteiger partial charge in [0.15, 0.2) is 0 Å². The van der Waals surface area contributed by atoms with E-state index in [-0.39, 0.29) is 30.2 Å². The molecule has 1 aliphatic carbocycles. The SMILES string of the molecule is CO[C@@H]1CC[C@H]2CSC(CC(=O)OC(C)(C)C)=N[C@@]2(c2cc(N)ccc2F)C1. The van der Waals surface area contributed by atoms with Gasteiger partial charge in [-0.2, -0.15) is 0 Å². The van der Waals surface area contributed by atoms with Crippen LogP contribution in [-0.2, 0) is 19.8 Å². The third kappa shape index (κ3) is 4.51. The van der Waals surface area contributed by atoms with E-state index >= 15 is 0 Å². The number of anilines is 1. The van der Waals surface area contributed by atoms with Crippen LogP contribution in [0.2, 0.25) is 0 Å². The summed E-state index contributed by atoms with van der Waals surface area (Å²) in [7, 11) is 1.68. The van der Waals surface area contributed by atoms with Crippen molar-refractivity contribution in [2.24, 2.45) is 10.9 Å². The summed E-state index contributed by atoms with van der Waals surface area (Å²) in [5.74, 6) is 0.317. The molecule has 28 heavy (non-hydrogen) atoms. The first-order chi connectivity index (χ1) is 13.1. The summed E-state index contributed by atoms with van der Waals surface area (Å²) in [5.41, 5.74) is 5.67. The van der Waals surface area contributed by atoms with Crippen LogP contribution in [0.3, 0.4) is 0 Å². The average molecular weight is 409 g/mol. The molecule has 0 spiro atoms. The van der Waals surface area contributed by atoms with Crippen LogP contribution in [0.15, 0.2) is 23.2 Å². The molecule has 7 heteroatoms. The molecule has 0 saturated heterocycles. The van der Waals surface area contributed by atoms with E-state index in [2.05, 4.69) is 0 Å². The fraction of sp³-hybridized carbons (Fsp3) is 0.619. The number of fused-ring (bicyclic) bond motifs is 1. The number of esters is 1. The molecule has 1 fully saturated rings. The summed E-state index contributed by atoms with van der Waals surface area (Å²) in [6, 6.07) is 4.65. The molecule has 1 heterocycles. The summed E-state index contributed by atoms with van der Waals surface area (Å²) >= 11 is 1.57. The van der Waals surface area contributed by atoms with E-state index in [0.717, 1.165) is 18.6 Å². The highest BCUT2D eigenvalue weighted by atomic mass is 32.2. The molecule has 3 rings (SSSR count). The van der Waals surface area contributed by atoms with Crippen molar-refractivity contribution in [3.63, 3.8) is 0 Å². The van der Waals surface area contributed by atoms with Crippen LogP contribution in [0.1, 0.15) is 52.0 Å². The lowest BCUT2D eigenvalue weighted by Crippen LogP contribution is -2.46. The van der Waals surface area contributed by atoms with Crippen LogP contribution >= 0.6 is 11.8 Å². The van der Waals surface area contributed by atoms with Gasteiger partial charge in [0.1, 0.15) is 11.4 Å². The Kier molecular flexibility index (Phi) is 6.05. The molecule has 3 atom stereocenters. The van der Waals surface area contributed by atoms with Crippen LogP contribution in [0.4, 0.5) is 10.1 Å². The number of thioether (sulfide) groups is 1. The minimum Gasteiger partial charge on any atom is -0.460 e. The van der Waals surface area contributed by atoms with Gasteiger partial charge in [-0.15, -0.1) is 11.8 Å². The Hall–Kier alpha value is -1.60. The van der Waals surface area contributed by atoms with Crippen LogP contribution < -0.4 is 5.73 Å². The number of methoxy groups -OCH3 is 1. The maximum absolute atomic E-state index is 14.9. The molecule has 1 aromatic rings. The lowest BCUT2D eigenvalue weighted by Gasteiger charge is -2.47. The molecular formula is C21H29FN2O3S. The van der Waals surface area contributed by atoms with Crippen LogP contribution in [-0.4, -0.2) is 35.6 Å². The predicted molar refractivity (Wildman–Crippen MR) is 111 cm³/mol. The van der Waals surface area contributed by atoms with Gasteiger partial charge in [0.05, 0.1) is 23.1 Å². The molecule has 0 unspecified atom stereocenters. The zero-order valence-corrected chi connectivity index (χ0v) is 17.8. The van der Waals surface area contributed by atoms with Crippen LogP contribution in [0.25, 0.3) is 0 Å². The second-order valence-corrected chi connectivity index (χ2v) is 9.67. The number of hydrogen-bond donors (Lipinski definition) is 1. The third-order valence-electron chi connectivity index (χ3n) is 5.33. The summed E-state index contributed by atoms with van der Waals surface area (Å²) < 4.78 is 26.0. The monoisotopic (exact) mass is 408 g/mol. The van der Waals surface area contributed by atoms with Crippen molar-refractivity contribution in [2.75, 3.05) is 18.6 Å². The lowest BCUT2D eigenvalue weighted by atomic mass is 9.68. The first-order valence-corrected chi connectivity index (χ1v) is 10.6. The Labute approximate surface area is 170 Å². The standard InChI is InChI=1S/C21H29FN2O3S/c1-20(2,3)27-19(25)10-18-24-21(16-9-14(23)6-8-17(16)22)11-15(26-4)7-5-13(21)12-28-18/h6,8-9,13,15H,5,7,10-12,23H2,1-4H3/t13-,15+,21-/m0/s1. The summed E-state index contributed by atoms with van der Waals surface area (Å²) in [6.07, 6.45) is 2.48. The van der Waals surface area contributed by atoms with E-state index in [9.17, 15) is 9.18 Å². The van der Waals surface area contributed by atoms with Crippen molar-refractivity contribution in [1.29, 1.82) is 0 Å². The smallest absolute Gasteiger partial charge is 0.312 e. The molecule has 0 bridgehead atoms. The number of benzene rings is 1. The van der Waals surface area contributed by atoms with E-state index in [0.29, 0.717) is 22.7 Å². The molecule has 5 nitrogen and oxygen atoms in total. The van der Waals surface area contributed by atoms with E-state index in [1.54, 1.807) is 31.0 Å². The number of carbonyl (C=O) groups excluding carboxylic acids is 1. The van der Waals surface area contributed by atoms with Gasteiger partial charge in [0.25, 0.3) is 0 Å². The number of halogens is 1. The highest BCUT2D eigenvalue weighted by Crippen LogP contribution is 2.51. The zero-order valence-electron chi connectivity index (χ0n) is 17.0. The predicted octanol–water partition coefficient (Wildman–Crippen LogP) is 4.30. The van der Waals surface area contributed by atoms with Gasteiger partial charge in [-0.05, 0) is 57.7 Å². The van der Waals surface area contributed by atoms with Crippen molar-refractivity contribution in [1.82, 2.24) is 0 Å². The van der Waals surface area contributed by atoms with Crippen LogP contribution in [0, 0.1) is 11.7 Å². The normalized spacial score (nSPS) is 27.7. The first-order valence-electron chi connectivity index (χ1n) is 9.64. The van der Waals surface area contributed by atoms with Crippen molar-refractivity contribution < 1.29 is 18.7 Å². The number of aliphatic imine (C=N–C) groups is 1. The number of nitrogens with zero attached hydrogens (tertiary/aromatic N) is 1. The molecule has 1 saturated carbocycles. The maximum Gasteiger partial charge on any atom is 0.312 e. The largest absolute Gasteiger partial charge is 0.460 e. The van der Waals surface area contributed by atoms with E-state index in [4.69, 9.17) is 20.2 Å². The summed E-state index contributed by atoms with van der Waals surface area (Å²) in [4.78, 5) is 17.3. The second-order valence-electron chi connectivity index (χ2n) is 8.58. The number of rotatable bonds is 4. The van der Waals surface area contributed by atoms with E-state index in [1.165, 1.54) is 6.07 Å². The molecular weight excluding hydrogens is 379 g/mol. The number of carbonyl (C=O) groups is 1. The Bertz CT molecular complexity index is 777. The number of nitrogens with two attached hydrogens (primary N) is 1. The first kappa shape index (κ1) is 21.1. The van der Waals surface area contributed by atoms with Gasteiger partial charge >= 0.3 is 5.97 Å². The highest BCUT2D eigenvalue weighted by Gasteiger charge is 2.49. The summed E-state index contributed by atoms with van der Waals surface area (Å²) in [5, 5.41) is 0.684. The van der Waals surface area contributed by atoms with Gasteiger partial charge in [0.2, 0.25) is 0 Å². The number of ether oxygens (including phenoxy) is 2. The van der Waals surface area contributed by atoms with Gasteiger partial charge in [0, 0.05) is 30.5 Å². The van der Waals surface area contributed by atoms with E-state index < -0.39 is 11.1 Å². The quantitative estimate of drug-likeness (QED) is 0.594. The van der Waals surface area contributed by atoms with Gasteiger partial charge < -0.3 is 15.2 Å². The average Bonchev–Trinajstić information content (AvgIpc) is 2.61.